The number of amides is 2. The van der Waals surface area contributed by atoms with Gasteiger partial charge in [0.2, 0.25) is 11.8 Å². The molecular weight excluding hydrogens is 198 g/mol. The molecule has 1 aliphatic heterocycles. The highest BCUT2D eigenvalue weighted by Gasteiger charge is 2.29. The highest BCUT2D eigenvalue weighted by molar-refractivity contribution is 6.01. The van der Waals surface area contributed by atoms with E-state index in [4.69, 9.17) is 10.3 Å². The fraction of sp³-hybridized carbons (Fsp3) is 0.444. The fourth-order valence-corrected chi connectivity index (χ4v) is 1.48. The van der Waals surface area contributed by atoms with Crippen molar-refractivity contribution in [3.63, 3.8) is 0 Å². The number of nitrogens with two attached hydrogens (primary N) is 1. The molecule has 0 aliphatic carbocycles. The summed E-state index contributed by atoms with van der Waals surface area (Å²) in [5.74, 6) is 0.162. The van der Waals surface area contributed by atoms with E-state index >= 15 is 0 Å². The van der Waals surface area contributed by atoms with Gasteiger partial charge in [0.1, 0.15) is 0 Å². The molecule has 0 spiro atoms. The van der Waals surface area contributed by atoms with Gasteiger partial charge in [0.25, 0.3) is 0 Å². The first-order valence-corrected chi connectivity index (χ1v) is 4.68. The van der Waals surface area contributed by atoms with Crippen LogP contribution in [0.3, 0.4) is 0 Å². The first-order chi connectivity index (χ1) is 7.20. The molecule has 1 saturated heterocycles. The molecule has 1 fully saturated rings. The van der Waals surface area contributed by atoms with Crippen LogP contribution in [0.2, 0.25) is 0 Å². The number of carbonyl (C=O) groups excluding carboxylic acids is 2. The number of carbonyl (C=O) groups is 2. The molecular formula is C9H11N3O3. The summed E-state index contributed by atoms with van der Waals surface area (Å²) in [5, 5.41) is 3.68. The van der Waals surface area contributed by atoms with Crippen LogP contribution in [0.1, 0.15) is 24.3 Å². The van der Waals surface area contributed by atoms with Crippen LogP contribution in [-0.2, 0) is 22.7 Å². The first-order valence-electron chi connectivity index (χ1n) is 4.68. The Morgan fingerprint density at radius 3 is 2.60 bits per heavy atom. The van der Waals surface area contributed by atoms with E-state index < -0.39 is 0 Å². The third kappa shape index (κ3) is 1.89. The van der Waals surface area contributed by atoms with Crippen LogP contribution in [-0.4, -0.2) is 21.9 Å². The van der Waals surface area contributed by atoms with Crippen LogP contribution >= 0.6 is 0 Å². The molecule has 0 bridgehead atoms. The molecule has 1 aromatic rings. The van der Waals surface area contributed by atoms with Gasteiger partial charge in [0.15, 0.2) is 5.76 Å². The zero-order valence-corrected chi connectivity index (χ0v) is 8.10. The lowest BCUT2D eigenvalue weighted by molar-refractivity contribution is -0.139. The smallest absolute Gasteiger partial charge is 0.230 e. The monoisotopic (exact) mass is 209 g/mol. The van der Waals surface area contributed by atoms with Crippen molar-refractivity contribution in [2.24, 2.45) is 5.73 Å². The minimum atomic E-state index is -0.161. The molecule has 0 saturated carbocycles. The van der Waals surface area contributed by atoms with Crippen molar-refractivity contribution in [1.82, 2.24) is 10.1 Å². The molecule has 6 heteroatoms. The summed E-state index contributed by atoms with van der Waals surface area (Å²) < 4.78 is 4.94. The molecule has 1 aromatic heterocycles. The van der Waals surface area contributed by atoms with Gasteiger partial charge >= 0.3 is 0 Å². The van der Waals surface area contributed by atoms with Crippen molar-refractivity contribution < 1.29 is 14.1 Å². The second-order valence-corrected chi connectivity index (χ2v) is 3.36. The Morgan fingerprint density at radius 2 is 2.07 bits per heavy atom. The first kappa shape index (κ1) is 9.85. The van der Waals surface area contributed by atoms with Gasteiger partial charge in [-0.1, -0.05) is 5.16 Å². The molecule has 0 atom stereocenters. The van der Waals surface area contributed by atoms with E-state index in [0.717, 1.165) is 0 Å². The van der Waals surface area contributed by atoms with Gasteiger partial charge in [0, 0.05) is 25.5 Å². The maximum atomic E-state index is 11.3. The summed E-state index contributed by atoms with van der Waals surface area (Å²) in [6, 6.07) is 1.65. The summed E-state index contributed by atoms with van der Waals surface area (Å²) in [4.78, 5) is 23.7. The van der Waals surface area contributed by atoms with Crippen LogP contribution in [0.5, 0.6) is 0 Å². The van der Waals surface area contributed by atoms with Gasteiger partial charge in [-0.15, -0.1) is 0 Å². The summed E-state index contributed by atoms with van der Waals surface area (Å²) in [5.41, 5.74) is 5.97. The van der Waals surface area contributed by atoms with Crippen molar-refractivity contribution >= 4 is 11.8 Å². The number of rotatable bonds is 3. The highest BCUT2D eigenvalue weighted by Crippen LogP contribution is 2.16. The standard InChI is InChI=1S/C9H11N3O3/c10-4-6-3-7(15-11-6)5-12-8(13)1-2-9(12)14/h3H,1-2,4-5,10H2. The summed E-state index contributed by atoms with van der Waals surface area (Å²) in [6.45, 7) is 0.441. The van der Waals surface area contributed by atoms with E-state index in [2.05, 4.69) is 5.16 Å². The molecule has 80 valence electrons. The van der Waals surface area contributed by atoms with Crippen molar-refractivity contribution in [1.29, 1.82) is 0 Å². The second-order valence-electron chi connectivity index (χ2n) is 3.36. The van der Waals surface area contributed by atoms with Crippen molar-refractivity contribution in [3.8, 4) is 0 Å². The van der Waals surface area contributed by atoms with Crippen LogP contribution in [0.15, 0.2) is 10.6 Å². The molecule has 2 N–H and O–H groups in total. The Bertz CT molecular complexity index is 383. The predicted octanol–water partition coefficient (Wildman–Crippen LogP) is -0.218. The number of imide groups is 1. The van der Waals surface area contributed by atoms with E-state index in [9.17, 15) is 9.59 Å². The van der Waals surface area contributed by atoms with Crippen molar-refractivity contribution in [2.75, 3.05) is 0 Å². The predicted molar refractivity (Wildman–Crippen MR) is 49.2 cm³/mol. The molecule has 1 aliphatic rings. The average Bonchev–Trinajstić information content (AvgIpc) is 2.80. The quantitative estimate of drug-likeness (QED) is 0.695. The van der Waals surface area contributed by atoms with Gasteiger partial charge < -0.3 is 10.3 Å². The third-order valence-corrected chi connectivity index (χ3v) is 2.29. The molecule has 2 heterocycles. The molecule has 0 unspecified atom stereocenters. The Balaban J connectivity index is 2.07. The third-order valence-electron chi connectivity index (χ3n) is 2.29. The van der Waals surface area contributed by atoms with Crippen LogP contribution in [0, 0.1) is 0 Å². The molecule has 2 amide bonds. The molecule has 6 nitrogen and oxygen atoms in total. The SMILES string of the molecule is NCc1cc(CN2C(=O)CCC2=O)on1. The second kappa shape index (κ2) is 3.82. The average molecular weight is 209 g/mol. The Labute approximate surface area is 86.0 Å². The minimum absolute atomic E-state index is 0.157. The summed E-state index contributed by atoms with van der Waals surface area (Å²) in [7, 11) is 0. The fourth-order valence-electron chi connectivity index (χ4n) is 1.48. The van der Waals surface area contributed by atoms with Crippen LogP contribution in [0.4, 0.5) is 0 Å². The number of hydrogen-bond donors (Lipinski definition) is 1. The number of nitrogens with zero attached hydrogens (tertiary/aromatic N) is 2. The van der Waals surface area contributed by atoms with Crippen molar-refractivity contribution in [3.05, 3.63) is 17.5 Å². The van der Waals surface area contributed by atoms with E-state index in [1.54, 1.807) is 6.07 Å². The van der Waals surface area contributed by atoms with Gasteiger partial charge in [-0.2, -0.15) is 0 Å². The summed E-state index contributed by atoms with van der Waals surface area (Å²) >= 11 is 0. The number of hydrogen-bond acceptors (Lipinski definition) is 5. The lowest BCUT2D eigenvalue weighted by atomic mass is 10.3. The maximum Gasteiger partial charge on any atom is 0.230 e. The Kier molecular flexibility index (Phi) is 2.51. The minimum Gasteiger partial charge on any atom is -0.359 e. The Morgan fingerprint density at radius 1 is 1.40 bits per heavy atom. The van der Waals surface area contributed by atoms with E-state index in [-0.39, 0.29) is 37.7 Å². The highest BCUT2D eigenvalue weighted by atomic mass is 16.5. The Hall–Kier alpha value is -1.69. The van der Waals surface area contributed by atoms with E-state index in [1.807, 2.05) is 0 Å². The van der Waals surface area contributed by atoms with E-state index in [0.29, 0.717) is 11.5 Å². The summed E-state index contributed by atoms with van der Waals surface area (Å²) in [6.07, 6.45) is 0.577. The van der Waals surface area contributed by atoms with Gasteiger partial charge in [-0.25, -0.2) is 0 Å². The van der Waals surface area contributed by atoms with Gasteiger partial charge in [-0.05, 0) is 0 Å². The maximum absolute atomic E-state index is 11.3. The van der Waals surface area contributed by atoms with Crippen molar-refractivity contribution in [2.45, 2.75) is 25.9 Å². The largest absolute Gasteiger partial charge is 0.359 e. The normalized spacial score (nSPS) is 16.5. The lowest BCUT2D eigenvalue weighted by Gasteiger charge is -2.10. The zero-order valence-electron chi connectivity index (χ0n) is 8.10. The van der Waals surface area contributed by atoms with Crippen LogP contribution < -0.4 is 5.73 Å². The number of aromatic nitrogens is 1. The van der Waals surface area contributed by atoms with Crippen LogP contribution in [0.25, 0.3) is 0 Å². The lowest BCUT2D eigenvalue weighted by Crippen LogP contribution is -2.28. The molecule has 15 heavy (non-hydrogen) atoms. The molecule has 2 rings (SSSR count). The van der Waals surface area contributed by atoms with E-state index in [1.165, 1.54) is 4.90 Å². The number of likely N-dealkylation sites (tertiary alicyclic amines) is 1. The molecule has 0 aromatic carbocycles. The van der Waals surface area contributed by atoms with Gasteiger partial charge in [0.05, 0.1) is 12.2 Å². The molecule has 0 radical (unpaired) electrons. The topological polar surface area (TPSA) is 89.4 Å². The zero-order chi connectivity index (χ0) is 10.8. The van der Waals surface area contributed by atoms with Gasteiger partial charge in [-0.3, -0.25) is 14.5 Å².